The van der Waals surface area contributed by atoms with Gasteiger partial charge in [-0.15, -0.1) is 24.0 Å². The summed E-state index contributed by atoms with van der Waals surface area (Å²) in [5.41, 5.74) is 0. The lowest BCUT2D eigenvalue weighted by Crippen LogP contribution is -2.49. The van der Waals surface area contributed by atoms with Crippen molar-refractivity contribution in [2.24, 2.45) is 10.9 Å². The summed E-state index contributed by atoms with van der Waals surface area (Å²) in [5, 5.41) is 3.51. The summed E-state index contributed by atoms with van der Waals surface area (Å²) in [6.07, 6.45) is 9.27. The Bertz CT molecular complexity index is 627. The third kappa shape index (κ3) is 8.07. The Hall–Kier alpha value is -0.170. The van der Waals surface area contributed by atoms with E-state index in [1.165, 1.54) is 19.1 Å². The molecule has 0 aromatic heterocycles. The zero-order chi connectivity index (χ0) is 20.7. The standard InChI is InChI=1S/C20H38N4O4S.HI/c1-21-20(22-15-17-6-12-24(13-7-17)29(2,25)26)23-10-8-18(9-11-23)28-16-19-5-3-4-14-27-19;/h17-19H,3-16H2,1-2H3,(H,21,22);1H. The van der Waals surface area contributed by atoms with E-state index in [0.29, 0.717) is 25.1 Å². The van der Waals surface area contributed by atoms with Crippen LogP contribution in [-0.2, 0) is 19.5 Å². The van der Waals surface area contributed by atoms with Gasteiger partial charge in [-0.25, -0.2) is 12.7 Å². The highest BCUT2D eigenvalue weighted by molar-refractivity contribution is 14.0. The maximum atomic E-state index is 11.6. The minimum absolute atomic E-state index is 0. The molecule has 0 aliphatic carbocycles. The van der Waals surface area contributed by atoms with E-state index < -0.39 is 10.0 Å². The molecule has 0 spiro atoms. The molecule has 1 atom stereocenters. The summed E-state index contributed by atoms with van der Waals surface area (Å²) >= 11 is 0. The Morgan fingerprint density at radius 1 is 1.10 bits per heavy atom. The minimum Gasteiger partial charge on any atom is -0.376 e. The Labute approximate surface area is 199 Å². The molecule has 0 bridgehead atoms. The van der Waals surface area contributed by atoms with Crippen LogP contribution in [0.4, 0.5) is 0 Å². The highest BCUT2D eigenvalue weighted by Gasteiger charge is 2.27. The fraction of sp³-hybridized carbons (Fsp3) is 0.950. The number of hydrogen-bond acceptors (Lipinski definition) is 5. The molecule has 3 rings (SSSR count). The maximum absolute atomic E-state index is 11.6. The zero-order valence-electron chi connectivity index (χ0n) is 18.4. The van der Waals surface area contributed by atoms with Gasteiger partial charge in [-0.05, 0) is 50.9 Å². The lowest BCUT2D eigenvalue weighted by atomic mass is 9.98. The summed E-state index contributed by atoms with van der Waals surface area (Å²) in [5.74, 6) is 1.44. The van der Waals surface area contributed by atoms with Gasteiger partial charge in [0.25, 0.3) is 0 Å². The molecule has 3 aliphatic heterocycles. The first-order valence-electron chi connectivity index (χ1n) is 11.1. The average Bonchev–Trinajstić information content (AvgIpc) is 2.74. The minimum atomic E-state index is -3.06. The van der Waals surface area contributed by atoms with Crippen molar-refractivity contribution in [1.82, 2.24) is 14.5 Å². The normalized spacial score (nSPS) is 25.7. The second-order valence-corrected chi connectivity index (χ2v) is 10.5. The molecular weight excluding hydrogens is 519 g/mol. The first-order valence-corrected chi connectivity index (χ1v) is 12.9. The van der Waals surface area contributed by atoms with E-state index in [4.69, 9.17) is 9.47 Å². The molecule has 8 nitrogen and oxygen atoms in total. The summed E-state index contributed by atoms with van der Waals surface area (Å²) < 4.78 is 36.7. The van der Waals surface area contributed by atoms with Gasteiger partial charge in [0.05, 0.1) is 25.1 Å². The van der Waals surface area contributed by atoms with Crippen LogP contribution in [0, 0.1) is 5.92 Å². The molecule has 3 heterocycles. The number of likely N-dealkylation sites (tertiary alicyclic amines) is 1. The van der Waals surface area contributed by atoms with Crippen molar-refractivity contribution in [2.45, 2.75) is 57.2 Å². The summed E-state index contributed by atoms with van der Waals surface area (Å²) in [6.45, 7) is 5.59. The number of rotatable bonds is 6. The Kier molecular flexibility index (Phi) is 11.1. The predicted octanol–water partition coefficient (Wildman–Crippen LogP) is 1.90. The molecule has 0 saturated carbocycles. The molecule has 30 heavy (non-hydrogen) atoms. The number of guanidine groups is 1. The van der Waals surface area contributed by atoms with E-state index in [0.717, 1.165) is 70.9 Å². The molecule has 0 amide bonds. The molecule has 3 saturated heterocycles. The molecular formula is C20H39IN4O4S. The van der Waals surface area contributed by atoms with Crippen LogP contribution in [0.5, 0.6) is 0 Å². The smallest absolute Gasteiger partial charge is 0.211 e. The first kappa shape index (κ1) is 26.1. The Morgan fingerprint density at radius 3 is 2.37 bits per heavy atom. The lowest BCUT2D eigenvalue weighted by Gasteiger charge is -2.36. The topological polar surface area (TPSA) is 83.5 Å². The number of piperidine rings is 2. The largest absolute Gasteiger partial charge is 0.376 e. The van der Waals surface area contributed by atoms with Crippen molar-refractivity contribution < 1.29 is 17.9 Å². The van der Waals surface area contributed by atoms with Crippen LogP contribution < -0.4 is 5.32 Å². The zero-order valence-corrected chi connectivity index (χ0v) is 21.6. The molecule has 1 unspecified atom stereocenters. The van der Waals surface area contributed by atoms with Crippen molar-refractivity contribution in [3.8, 4) is 0 Å². The van der Waals surface area contributed by atoms with Crippen LogP contribution in [0.25, 0.3) is 0 Å². The Balaban J connectivity index is 0.00000320. The van der Waals surface area contributed by atoms with E-state index in [-0.39, 0.29) is 30.1 Å². The Morgan fingerprint density at radius 2 is 1.80 bits per heavy atom. The maximum Gasteiger partial charge on any atom is 0.211 e. The molecule has 1 N–H and O–H groups in total. The van der Waals surface area contributed by atoms with Crippen molar-refractivity contribution in [1.29, 1.82) is 0 Å². The van der Waals surface area contributed by atoms with Crippen LogP contribution in [0.2, 0.25) is 0 Å². The van der Waals surface area contributed by atoms with E-state index >= 15 is 0 Å². The van der Waals surface area contributed by atoms with Crippen molar-refractivity contribution in [3.63, 3.8) is 0 Å². The quantitative estimate of drug-likeness (QED) is 0.305. The van der Waals surface area contributed by atoms with Gasteiger partial charge in [-0.1, -0.05) is 0 Å². The van der Waals surface area contributed by atoms with Gasteiger partial charge in [0.1, 0.15) is 0 Å². The van der Waals surface area contributed by atoms with Crippen LogP contribution >= 0.6 is 24.0 Å². The number of ether oxygens (including phenoxy) is 2. The molecule has 3 fully saturated rings. The van der Waals surface area contributed by atoms with Gasteiger partial charge in [0, 0.05) is 46.4 Å². The van der Waals surface area contributed by atoms with Crippen LogP contribution in [0.15, 0.2) is 4.99 Å². The number of nitrogens with zero attached hydrogens (tertiary/aromatic N) is 3. The van der Waals surface area contributed by atoms with Gasteiger partial charge in [-0.3, -0.25) is 4.99 Å². The van der Waals surface area contributed by atoms with E-state index in [1.54, 1.807) is 4.31 Å². The molecule has 10 heteroatoms. The van der Waals surface area contributed by atoms with E-state index in [1.807, 2.05) is 7.05 Å². The summed E-state index contributed by atoms with van der Waals surface area (Å²) in [7, 11) is -1.23. The highest BCUT2D eigenvalue weighted by Crippen LogP contribution is 2.20. The number of halogens is 1. The van der Waals surface area contributed by atoms with Crippen molar-refractivity contribution in [2.75, 3.05) is 59.2 Å². The second kappa shape index (κ2) is 12.8. The number of sulfonamides is 1. The lowest BCUT2D eigenvalue weighted by molar-refractivity contribution is -0.0721. The molecule has 0 aromatic carbocycles. The monoisotopic (exact) mass is 558 g/mol. The molecule has 176 valence electrons. The fourth-order valence-electron chi connectivity index (χ4n) is 4.43. The van der Waals surface area contributed by atoms with Gasteiger partial charge in [0.15, 0.2) is 5.96 Å². The highest BCUT2D eigenvalue weighted by atomic mass is 127. The van der Waals surface area contributed by atoms with Crippen molar-refractivity contribution in [3.05, 3.63) is 0 Å². The molecule has 3 aliphatic rings. The fourth-order valence-corrected chi connectivity index (χ4v) is 5.30. The van der Waals surface area contributed by atoms with E-state index in [2.05, 4.69) is 15.2 Å². The van der Waals surface area contributed by atoms with Gasteiger partial charge in [-0.2, -0.15) is 0 Å². The van der Waals surface area contributed by atoms with Gasteiger partial charge in [0.2, 0.25) is 10.0 Å². The SMILES string of the molecule is CN=C(NCC1CCN(S(C)(=O)=O)CC1)N1CCC(OCC2CCCCO2)CC1.I. The van der Waals surface area contributed by atoms with Crippen molar-refractivity contribution >= 4 is 40.0 Å². The number of aliphatic imine (C=N–C) groups is 1. The third-order valence-electron chi connectivity index (χ3n) is 6.34. The predicted molar refractivity (Wildman–Crippen MR) is 130 cm³/mol. The van der Waals surface area contributed by atoms with Crippen LogP contribution in [0.3, 0.4) is 0 Å². The van der Waals surface area contributed by atoms with Crippen LogP contribution in [0.1, 0.15) is 44.9 Å². The second-order valence-electron chi connectivity index (χ2n) is 8.54. The van der Waals surface area contributed by atoms with E-state index in [9.17, 15) is 8.42 Å². The molecule has 0 aromatic rings. The summed E-state index contributed by atoms with van der Waals surface area (Å²) in [6, 6.07) is 0. The number of nitrogens with one attached hydrogen (secondary N) is 1. The third-order valence-corrected chi connectivity index (χ3v) is 7.64. The summed E-state index contributed by atoms with van der Waals surface area (Å²) in [4.78, 5) is 6.77. The number of hydrogen-bond donors (Lipinski definition) is 1. The molecule has 0 radical (unpaired) electrons. The first-order chi connectivity index (χ1) is 14.0. The van der Waals surface area contributed by atoms with Crippen LogP contribution in [-0.4, -0.2) is 95.0 Å². The van der Waals surface area contributed by atoms with Gasteiger partial charge >= 0.3 is 0 Å². The van der Waals surface area contributed by atoms with Gasteiger partial charge < -0.3 is 19.7 Å². The average molecular weight is 559 g/mol.